The predicted octanol–water partition coefficient (Wildman–Crippen LogP) is 1.59. The van der Waals surface area contributed by atoms with Crippen molar-refractivity contribution in [2.45, 2.75) is 18.6 Å². The first-order valence-corrected chi connectivity index (χ1v) is 7.60. The molecule has 2 aromatic heterocycles. The molecule has 7 nitrogen and oxygen atoms in total. The van der Waals surface area contributed by atoms with Crippen LogP contribution in [-0.2, 0) is 4.74 Å². The van der Waals surface area contributed by atoms with Crippen LogP contribution in [0.3, 0.4) is 0 Å². The van der Waals surface area contributed by atoms with Crippen LogP contribution in [0.5, 0.6) is 5.75 Å². The van der Waals surface area contributed by atoms with Crippen LogP contribution in [0.4, 0.5) is 11.6 Å². The largest absolute Gasteiger partial charge is 0.493 e. The number of hydrogen-bond donors (Lipinski definition) is 1. The Hall–Kier alpha value is -2.41. The van der Waals surface area contributed by atoms with Gasteiger partial charge in [-0.3, -0.25) is 0 Å². The molecule has 1 saturated heterocycles. The van der Waals surface area contributed by atoms with E-state index in [1.54, 1.807) is 32.9 Å². The molecular formula is C16H21N5O2. The average molecular weight is 315 g/mol. The number of nitrogens with zero attached hydrogens (tertiary/aromatic N) is 4. The summed E-state index contributed by atoms with van der Waals surface area (Å²) >= 11 is 0. The van der Waals surface area contributed by atoms with Crippen LogP contribution in [0.25, 0.3) is 0 Å². The third-order valence-electron chi connectivity index (χ3n) is 4.07. The summed E-state index contributed by atoms with van der Waals surface area (Å²) in [6, 6.07) is 5.94. The summed E-state index contributed by atoms with van der Waals surface area (Å²) in [6.07, 6.45) is 6.21. The maximum Gasteiger partial charge on any atom is 0.168 e. The fourth-order valence-electron chi connectivity index (χ4n) is 2.87. The van der Waals surface area contributed by atoms with Crippen molar-refractivity contribution in [3.63, 3.8) is 0 Å². The van der Waals surface area contributed by atoms with E-state index in [9.17, 15) is 0 Å². The third kappa shape index (κ3) is 3.50. The van der Waals surface area contributed by atoms with Crippen LogP contribution >= 0.6 is 0 Å². The van der Waals surface area contributed by atoms with Gasteiger partial charge in [0, 0.05) is 32.6 Å². The predicted molar refractivity (Wildman–Crippen MR) is 87.9 cm³/mol. The Morgan fingerprint density at radius 1 is 1.26 bits per heavy atom. The number of pyridine rings is 1. The molecule has 0 saturated carbocycles. The molecular weight excluding hydrogens is 294 g/mol. The number of ether oxygens (including phenoxy) is 2. The fraction of sp³-hybridized carbons (Fsp3) is 0.438. The van der Waals surface area contributed by atoms with Gasteiger partial charge in [-0.1, -0.05) is 0 Å². The minimum Gasteiger partial charge on any atom is -0.493 e. The summed E-state index contributed by atoms with van der Waals surface area (Å²) in [6.45, 7) is 1.55. The van der Waals surface area contributed by atoms with Crippen molar-refractivity contribution in [2.75, 3.05) is 37.5 Å². The lowest BCUT2D eigenvalue weighted by atomic mass is 10.2. The Morgan fingerprint density at radius 2 is 2.17 bits per heavy atom. The third-order valence-corrected chi connectivity index (χ3v) is 4.07. The monoisotopic (exact) mass is 315 g/mol. The number of methoxy groups -OCH3 is 2. The van der Waals surface area contributed by atoms with E-state index in [-0.39, 0.29) is 12.1 Å². The Balaban J connectivity index is 1.72. The van der Waals surface area contributed by atoms with E-state index in [2.05, 4.69) is 25.2 Å². The molecule has 0 aromatic carbocycles. The van der Waals surface area contributed by atoms with Crippen LogP contribution in [0.1, 0.15) is 6.42 Å². The molecule has 2 aromatic rings. The molecule has 0 aliphatic carbocycles. The van der Waals surface area contributed by atoms with Crippen LogP contribution in [0.2, 0.25) is 0 Å². The molecule has 122 valence electrons. The van der Waals surface area contributed by atoms with E-state index >= 15 is 0 Å². The highest BCUT2D eigenvalue weighted by Gasteiger charge is 2.33. The van der Waals surface area contributed by atoms with Crippen molar-refractivity contribution in [2.24, 2.45) is 0 Å². The van der Waals surface area contributed by atoms with E-state index in [1.807, 2.05) is 18.2 Å². The fourth-order valence-corrected chi connectivity index (χ4v) is 2.87. The van der Waals surface area contributed by atoms with Crippen molar-refractivity contribution >= 4 is 11.6 Å². The zero-order chi connectivity index (χ0) is 16.1. The summed E-state index contributed by atoms with van der Waals surface area (Å²) in [7, 11) is 3.40. The highest BCUT2D eigenvalue weighted by molar-refractivity contribution is 5.50. The van der Waals surface area contributed by atoms with Gasteiger partial charge in [-0.15, -0.1) is 0 Å². The van der Waals surface area contributed by atoms with Gasteiger partial charge in [0.15, 0.2) is 11.6 Å². The van der Waals surface area contributed by atoms with Crippen LogP contribution in [0.15, 0.2) is 36.9 Å². The van der Waals surface area contributed by atoms with Crippen molar-refractivity contribution < 1.29 is 9.47 Å². The smallest absolute Gasteiger partial charge is 0.168 e. The number of anilines is 2. The molecule has 1 N–H and O–H groups in total. The van der Waals surface area contributed by atoms with Crippen LogP contribution in [-0.4, -0.2) is 54.4 Å². The summed E-state index contributed by atoms with van der Waals surface area (Å²) in [5.74, 6) is 2.40. The first kappa shape index (κ1) is 15.5. The number of aromatic nitrogens is 3. The van der Waals surface area contributed by atoms with Crippen molar-refractivity contribution in [3.05, 3.63) is 36.9 Å². The second-order valence-electron chi connectivity index (χ2n) is 5.40. The normalized spacial score (nSPS) is 20.5. The van der Waals surface area contributed by atoms with Crippen LogP contribution < -0.4 is 15.0 Å². The lowest BCUT2D eigenvalue weighted by molar-refractivity contribution is 0.118. The summed E-state index contributed by atoms with van der Waals surface area (Å²) < 4.78 is 10.9. The molecule has 23 heavy (non-hydrogen) atoms. The molecule has 1 aliphatic rings. The summed E-state index contributed by atoms with van der Waals surface area (Å²) in [4.78, 5) is 14.9. The zero-order valence-corrected chi connectivity index (χ0v) is 13.3. The number of hydrogen-bond acceptors (Lipinski definition) is 7. The average Bonchev–Trinajstić information content (AvgIpc) is 3.04. The van der Waals surface area contributed by atoms with E-state index in [0.717, 1.165) is 36.9 Å². The Morgan fingerprint density at radius 3 is 2.91 bits per heavy atom. The van der Waals surface area contributed by atoms with E-state index < -0.39 is 0 Å². The maximum atomic E-state index is 5.54. The zero-order valence-electron chi connectivity index (χ0n) is 13.3. The van der Waals surface area contributed by atoms with Crippen molar-refractivity contribution in [3.8, 4) is 5.75 Å². The molecule has 0 unspecified atom stereocenters. The Kier molecular flexibility index (Phi) is 4.87. The second kappa shape index (κ2) is 7.23. The Labute approximate surface area is 135 Å². The topological polar surface area (TPSA) is 72.4 Å². The molecule has 0 spiro atoms. The van der Waals surface area contributed by atoms with Gasteiger partial charge < -0.3 is 19.7 Å². The standard InChI is InChI=1S/C16H21N5O2/c1-22-13-8-12(21(10-13)15-5-7-17-11-20-15)9-19-16-14(23-2)4-3-6-18-16/h3-7,11-13H,8-10H2,1-2H3,(H,18,19)/t12-,13-/m1/s1. The van der Waals surface area contributed by atoms with Crippen molar-refractivity contribution in [1.29, 1.82) is 0 Å². The highest BCUT2D eigenvalue weighted by Crippen LogP contribution is 2.26. The minimum absolute atomic E-state index is 0.197. The molecule has 3 heterocycles. The van der Waals surface area contributed by atoms with Gasteiger partial charge in [-0.05, 0) is 24.6 Å². The summed E-state index contributed by atoms with van der Waals surface area (Å²) in [5, 5.41) is 3.37. The van der Waals surface area contributed by atoms with Crippen LogP contribution in [0, 0.1) is 0 Å². The molecule has 3 rings (SSSR count). The first-order valence-electron chi connectivity index (χ1n) is 7.60. The lowest BCUT2D eigenvalue weighted by Crippen LogP contribution is -2.35. The van der Waals surface area contributed by atoms with Gasteiger partial charge in [0.2, 0.25) is 0 Å². The first-order chi connectivity index (χ1) is 11.3. The highest BCUT2D eigenvalue weighted by atomic mass is 16.5. The number of nitrogens with one attached hydrogen (secondary N) is 1. The molecule has 2 atom stereocenters. The molecule has 7 heteroatoms. The minimum atomic E-state index is 0.197. The molecule has 1 fully saturated rings. The molecule has 0 bridgehead atoms. The van der Waals surface area contributed by atoms with Gasteiger partial charge in [0.05, 0.1) is 19.3 Å². The van der Waals surface area contributed by atoms with Gasteiger partial charge in [-0.2, -0.15) is 0 Å². The molecule has 0 radical (unpaired) electrons. The van der Waals surface area contributed by atoms with Crippen molar-refractivity contribution in [1.82, 2.24) is 15.0 Å². The number of rotatable bonds is 6. The van der Waals surface area contributed by atoms with Gasteiger partial charge in [0.25, 0.3) is 0 Å². The molecule has 0 amide bonds. The molecule has 1 aliphatic heterocycles. The van der Waals surface area contributed by atoms with E-state index in [4.69, 9.17) is 9.47 Å². The summed E-state index contributed by atoms with van der Waals surface area (Å²) in [5.41, 5.74) is 0. The Bertz CT molecular complexity index is 625. The van der Waals surface area contributed by atoms with Gasteiger partial charge in [0.1, 0.15) is 12.1 Å². The lowest BCUT2D eigenvalue weighted by Gasteiger charge is -2.25. The maximum absolute atomic E-state index is 5.54. The van der Waals surface area contributed by atoms with Gasteiger partial charge >= 0.3 is 0 Å². The van der Waals surface area contributed by atoms with E-state index in [0.29, 0.717) is 0 Å². The quantitative estimate of drug-likeness (QED) is 0.867. The van der Waals surface area contributed by atoms with E-state index in [1.165, 1.54) is 0 Å². The van der Waals surface area contributed by atoms with Gasteiger partial charge in [-0.25, -0.2) is 15.0 Å². The second-order valence-corrected chi connectivity index (χ2v) is 5.40. The SMILES string of the molecule is COc1cccnc1NC[C@H]1C[C@@H](OC)CN1c1ccncn1.